The second-order valence-electron chi connectivity index (χ2n) is 11.8. The monoisotopic (exact) mass is 613 g/mol. The molecule has 45 heavy (non-hydrogen) atoms. The topological polar surface area (TPSA) is 102 Å². The fourth-order valence-electron chi connectivity index (χ4n) is 6.74. The predicted octanol–water partition coefficient (Wildman–Crippen LogP) is 7.96. The van der Waals surface area contributed by atoms with E-state index in [9.17, 15) is 18.7 Å². The van der Waals surface area contributed by atoms with Gasteiger partial charge in [-0.3, -0.25) is 9.69 Å². The van der Waals surface area contributed by atoms with Crippen LogP contribution in [0.2, 0.25) is 0 Å². The lowest BCUT2D eigenvalue weighted by molar-refractivity contribution is -0.142. The van der Waals surface area contributed by atoms with Gasteiger partial charge >= 0.3 is 12.6 Å². The van der Waals surface area contributed by atoms with Gasteiger partial charge in [-0.2, -0.15) is 8.78 Å². The molecule has 1 aliphatic heterocycles. The molecule has 10 heteroatoms. The Hall–Kier alpha value is -4.57. The van der Waals surface area contributed by atoms with Gasteiger partial charge in [-0.05, 0) is 92.9 Å². The van der Waals surface area contributed by atoms with Crippen LogP contribution in [0, 0.1) is 13.8 Å². The number of rotatable bonds is 8. The van der Waals surface area contributed by atoms with Crippen molar-refractivity contribution in [2.24, 2.45) is 0 Å². The highest BCUT2D eigenvalue weighted by molar-refractivity contribution is 5.84. The van der Waals surface area contributed by atoms with Crippen LogP contribution < -0.4 is 4.74 Å². The lowest BCUT2D eigenvalue weighted by Crippen LogP contribution is -2.35. The van der Waals surface area contributed by atoms with Crippen LogP contribution in [0.5, 0.6) is 5.75 Å². The number of nitrogens with zero attached hydrogens (tertiary/aromatic N) is 3. The molecule has 0 amide bonds. The summed E-state index contributed by atoms with van der Waals surface area (Å²) in [6.07, 6.45) is 5.34. The smallest absolute Gasteiger partial charge is 0.387 e. The second kappa shape index (κ2) is 11.7. The highest BCUT2D eigenvalue weighted by Gasteiger charge is 2.31. The van der Waals surface area contributed by atoms with Crippen molar-refractivity contribution in [1.82, 2.24) is 14.9 Å². The highest BCUT2D eigenvalue weighted by Crippen LogP contribution is 2.39. The SMILES string of the molecule is Cc1c(-c2nc3c(o2)CCCC3)cccc1-c1cccc(-c2nc3cc(CN4CCC[C@H]4C(=O)O)c(OC(F)F)cc3o2)c1C. The summed E-state index contributed by atoms with van der Waals surface area (Å²) in [7, 11) is 0. The Kier molecular flexibility index (Phi) is 7.61. The normalized spacial score (nSPS) is 16.9. The summed E-state index contributed by atoms with van der Waals surface area (Å²) in [6.45, 7) is 1.73. The molecule has 0 spiro atoms. The first-order valence-electron chi connectivity index (χ1n) is 15.3. The fourth-order valence-corrected chi connectivity index (χ4v) is 6.74. The van der Waals surface area contributed by atoms with E-state index in [2.05, 4.69) is 19.1 Å². The zero-order valence-corrected chi connectivity index (χ0v) is 25.1. The summed E-state index contributed by atoms with van der Waals surface area (Å²) in [5, 5.41) is 9.61. The Morgan fingerprint density at radius 3 is 2.29 bits per heavy atom. The second-order valence-corrected chi connectivity index (χ2v) is 11.8. The highest BCUT2D eigenvalue weighted by atomic mass is 19.3. The first kappa shape index (κ1) is 29.2. The Morgan fingerprint density at radius 2 is 1.62 bits per heavy atom. The summed E-state index contributed by atoms with van der Waals surface area (Å²) < 4.78 is 44.0. The number of halogens is 2. The number of aliphatic carboxylic acids is 1. The average molecular weight is 614 g/mol. The molecule has 2 aliphatic rings. The molecule has 1 atom stereocenters. The van der Waals surface area contributed by atoms with E-state index in [0.29, 0.717) is 41.4 Å². The van der Waals surface area contributed by atoms with Crippen molar-refractivity contribution in [2.45, 2.75) is 71.6 Å². The number of carbonyl (C=O) groups is 1. The number of alkyl halides is 2. The number of ether oxygens (including phenoxy) is 1. The lowest BCUT2D eigenvalue weighted by atomic mass is 9.91. The molecule has 2 aromatic heterocycles. The first-order valence-corrected chi connectivity index (χ1v) is 15.3. The standard InChI is InChI=1S/C35H33F2N3O5/c1-19-22(8-5-10-24(19)32-38-26-12-3-4-14-29(26)43-32)23-9-6-11-25(20(23)2)33-39-27-16-21(18-40-15-7-13-28(40)34(41)42)30(45-35(36)37)17-31(27)44-33/h5-6,8-11,16-17,28,35H,3-4,7,12-15,18H2,1-2H3,(H,41,42)/t28-/m0/s1. The van der Waals surface area contributed by atoms with Crippen LogP contribution in [-0.4, -0.2) is 45.1 Å². The van der Waals surface area contributed by atoms with Crippen LogP contribution in [0.3, 0.4) is 0 Å². The molecule has 1 N–H and O–H groups in total. The molecule has 1 saturated heterocycles. The minimum absolute atomic E-state index is 0.0534. The van der Waals surface area contributed by atoms with Gasteiger partial charge in [0.05, 0.1) is 5.69 Å². The minimum Gasteiger partial charge on any atom is -0.480 e. The Labute approximate surface area is 258 Å². The van der Waals surface area contributed by atoms with E-state index >= 15 is 0 Å². The molecule has 1 aliphatic carbocycles. The van der Waals surface area contributed by atoms with Gasteiger partial charge < -0.3 is 18.7 Å². The molecule has 3 heterocycles. The van der Waals surface area contributed by atoms with Crippen molar-refractivity contribution in [3.05, 3.63) is 76.7 Å². The van der Waals surface area contributed by atoms with Gasteiger partial charge in [0.15, 0.2) is 5.58 Å². The molecule has 0 unspecified atom stereocenters. The summed E-state index contributed by atoms with van der Waals surface area (Å²) in [5.41, 5.74) is 8.02. The van der Waals surface area contributed by atoms with E-state index < -0.39 is 18.6 Å². The molecule has 0 saturated carbocycles. The number of hydrogen-bond donors (Lipinski definition) is 1. The van der Waals surface area contributed by atoms with Crippen molar-refractivity contribution < 1.29 is 32.3 Å². The van der Waals surface area contributed by atoms with Crippen molar-refractivity contribution in [2.75, 3.05) is 6.54 Å². The molecule has 0 radical (unpaired) electrons. The Bertz CT molecular complexity index is 1890. The number of likely N-dealkylation sites (tertiary alicyclic amines) is 1. The number of carboxylic acid groups (broad SMARTS) is 1. The lowest BCUT2D eigenvalue weighted by Gasteiger charge is -2.22. The van der Waals surface area contributed by atoms with Crippen molar-refractivity contribution in [3.8, 4) is 39.8 Å². The third kappa shape index (κ3) is 5.48. The van der Waals surface area contributed by atoms with Crippen LogP contribution in [0.4, 0.5) is 8.78 Å². The maximum Gasteiger partial charge on any atom is 0.387 e. The zero-order chi connectivity index (χ0) is 31.2. The third-order valence-corrected chi connectivity index (χ3v) is 9.07. The van der Waals surface area contributed by atoms with Crippen molar-refractivity contribution >= 4 is 17.1 Å². The molecule has 7 rings (SSSR count). The van der Waals surface area contributed by atoms with Gasteiger partial charge in [-0.25, -0.2) is 9.97 Å². The Balaban J connectivity index is 1.25. The van der Waals surface area contributed by atoms with E-state index in [0.717, 1.165) is 76.9 Å². The number of fused-ring (bicyclic) bond motifs is 2. The van der Waals surface area contributed by atoms with Crippen LogP contribution in [0.1, 0.15) is 53.8 Å². The number of carboxylic acids is 1. The van der Waals surface area contributed by atoms with Gasteiger partial charge in [-0.1, -0.05) is 24.3 Å². The largest absolute Gasteiger partial charge is 0.480 e. The van der Waals surface area contributed by atoms with Crippen LogP contribution in [0.25, 0.3) is 45.1 Å². The molecule has 5 aromatic rings. The molecule has 0 bridgehead atoms. The van der Waals surface area contributed by atoms with Crippen LogP contribution in [0.15, 0.2) is 57.4 Å². The summed E-state index contributed by atoms with van der Waals surface area (Å²) in [5.74, 6) is 1.01. The summed E-state index contributed by atoms with van der Waals surface area (Å²) in [6, 6.07) is 14.4. The van der Waals surface area contributed by atoms with Gasteiger partial charge in [-0.15, -0.1) is 0 Å². The van der Waals surface area contributed by atoms with Crippen LogP contribution in [-0.2, 0) is 24.2 Å². The van der Waals surface area contributed by atoms with E-state index in [1.54, 1.807) is 11.0 Å². The van der Waals surface area contributed by atoms with Gasteiger partial charge in [0.2, 0.25) is 11.8 Å². The number of benzene rings is 3. The molecular formula is C35H33F2N3O5. The van der Waals surface area contributed by atoms with Gasteiger partial charge in [0.1, 0.15) is 23.1 Å². The molecule has 1 fully saturated rings. The molecule has 232 valence electrons. The average Bonchev–Trinajstić information content (AvgIpc) is 3.76. The van der Waals surface area contributed by atoms with E-state index in [1.807, 2.05) is 31.2 Å². The fraction of sp³-hybridized carbons (Fsp3) is 0.343. The number of aromatic nitrogens is 2. The van der Waals surface area contributed by atoms with Crippen LogP contribution >= 0.6 is 0 Å². The Morgan fingerprint density at radius 1 is 0.956 bits per heavy atom. The number of oxazole rings is 2. The number of hydrogen-bond acceptors (Lipinski definition) is 7. The van der Waals surface area contributed by atoms with E-state index in [-0.39, 0.29) is 12.3 Å². The number of aryl methyl sites for hydroxylation is 2. The van der Waals surface area contributed by atoms with Gasteiger partial charge in [0.25, 0.3) is 0 Å². The predicted molar refractivity (Wildman–Crippen MR) is 164 cm³/mol. The summed E-state index contributed by atoms with van der Waals surface area (Å²) in [4.78, 5) is 23.1. The maximum absolute atomic E-state index is 13.4. The van der Waals surface area contributed by atoms with Crippen molar-refractivity contribution in [3.63, 3.8) is 0 Å². The van der Waals surface area contributed by atoms with E-state index in [1.165, 1.54) is 6.07 Å². The van der Waals surface area contributed by atoms with E-state index in [4.69, 9.17) is 23.5 Å². The van der Waals surface area contributed by atoms with Gasteiger partial charge in [0, 0.05) is 35.7 Å². The zero-order valence-electron chi connectivity index (χ0n) is 25.1. The molecule has 8 nitrogen and oxygen atoms in total. The molecular weight excluding hydrogens is 580 g/mol. The first-order chi connectivity index (χ1) is 21.8. The van der Waals surface area contributed by atoms with Crippen molar-refractivity contribution in [1.29, 1.82) is 0 Å². The minimum atomic E-state index is -3.04. The third-order valence-electron chi connectivity index (χ3n) is 9.07. The quantitative estimate of drug-likeness (QED) is 0.188. The maximum atomic E-state index is 13.4. The molecule has 3 aromatic carbocycles. The summed E-state index contributed by atoms with van der Waals surface area (Å²) >= 11 is 0.